The maximum Gasteiger partial charge on any atom is 0.287 e. The van der Waals surface area contributed by atoms with Crippen LogP contribution in [0.4, 0.5) is 0 Å². The molecule has 1 aromatic heterocycles. The van der Waals surface area contributed by atoms with Crippen molar-refractivity contribution >= 4 is 51.0 Å². The van der Waals surface area contributed by atoms with E-state index in [4.69, 9.17) is 16.0 Å². The summed E-state index contributed by atoms with van der Waals surface area (Å²) in [6, 6.07) is 21.5. The van der Waals surface area contributed by atoms with Gasteiger partial charge in [0.2, 0.25) is 0 Å². The van der Waals surface area contributed by atoms with E-state index in [9.17, 15) is 4.79 Å². The van der Waals surface area contributed by atoms with Gasteiger partial charge in [0, 0.05) is 27.6 Å². The van der Waals surface area contributed by atoms with Crippen LogP contribution in [-0.4, -0.2) is 18.2 Å². The van der Waals surface area contributed by atoms with Crippen molar-refractivity contribution < 1.29 is 9.21 Å². The Kier molecular flexibility index (Phi) is 4.87. The molecule has 130 valence electrons. The number of benzene rings is 3. The Hall–Kier alpha value is -2.43. The summed E-state index contributed by atoms with van der Waals surface area (Å²) in [5, 5.41) is 6.81. The molecular formula is C21H16ClNO2S. The maximum absolute atomic E-state index is 12.4. The molecule has 0 atom stereocenters. The first-order valence-corrected chi connectivity index (χ1v) is 9.65. The van der Waals surface area contributed by atoms with Gasteiger partial charge in [-0.1, -0.05) is 41.9 Å². The topological polar surface area (TPSA) is 42.2 Å². The van der Waals surface area contributed by atoms with Gasteiger partial charge in [0.1, 0.15) is 5.58 Å². The third-order valence-corrected chi connectivity index (χ3v) is 5.39. The highest BCUT2D eigenvalue weighted by molar-refractivity contribution is 7.99. The molecule has 4 aromatic rings. The highest BCUT2D eigenvalue weighted by Gasteiger charge is 2.13. The largest absolute Gasteiger partial charge is 0.451 e. The molecule has 0 spiro atoms. The molecule has 1 amide bonds. The standard InChI is InChI=1S/C21H16ClNO2S/c22-15-6-8-16(9-7-15)26-12-11-23-21(24)20-13-18-17-4-2-1-3-14(17)5-10-19(18)25-20/h1-10,13H,11-12H2,(H,23,24). The van der Waals surface area contributed by atoms with Crippen molar-refractivity contribution in [1.29, 1.82) is 0 Å². The fourth-order valence-corrected chi connectivity index (χ4v) is 3.75. The van der Waals surface area contributed by atoms with Gasteiger partial charge < -0.3 is 9.73 Å². The zero-order valence-corrected chi connectivity index (χ0v) is 15.4. The molecule has 0 aliphatic heterocycles. The van der Waals surface area contributed by atoms with Crippen molar-refractivity contribution in [2.75, 3.05) is 12.3 Å². The van der Waals surface area contributed by atoms with Crippen molar-refractivity contribution in [2.24, 2.45) is 0 Å². The Balaban J connectivity index is 1.41. The SMILES string of the molecule is O=C(NCCSc1ccc(Cl)cc1)c1cc2c(ccc3ccccc32)o1. The maximum atomic E-state index is 12.4. The summed E-state index contributed by atoms with van der Waals surface area (Å²) in [4.78, 5) is 13.5. The Morgan fingerprint density at radius 2 is 1.81 bits per heavy atom. The van der Waals surface area contributed by atoms with Crippen LogP contribution in [0, 0.1) is 0 Å². The number of fused-ring (bicyclic) bond motifs is 3. The van der Waals surface area contributed by atoms with Crippen molar-refractivity contribution in [1.82, 2.24) is 5.32 Å². The summed E-state index contributed by atoms with van der Waals surface area (Å²) in [6.07, 6.45) is 0. The van der Waals surface area contributed by atoms with Crippen LogP contribution in [0.5, 0.6) is 0 Å². The summed E-state index contributed by atoms with van der Waals surface area (Å²) in [5.41, 5.74) is 0.726. The van der Waals surface area contributed by atoms with Gasteiger partial charge in [-0.05, 0) is 47.2 Å². The molecule has 3 nitrogen and oxygen atoms in total. The van der Waals surface area contributed by atoms with Crippen LogP contribution in [0.3, 0.4) is 0 Å². The first-order chi connectivity index (χ1) is 12.7. The summed E-state index contributed by atoms with van der Waals surface area (Å²) in [5.74, 6) is 0.922. The number of thioether (sulfide) groups is 1. The third kappa shape index (κ3) is 3.57. The molecular weight excluding hydrogens is 366 g/mol. The van der Waals surface area contributed by atoms with E-state index < -0.39 is 0 Å². The van der Waals surface area contributed by atoms with Crippen LogP contribution < -0.4 is 5.32 Å². The van der Waals surface area contributed by atoms with E-state index in [0.717, 1.165) is 37.4 Å². The average molecular weight is 382 g/mol. The molecule has 0 radical (unpaired) electrons. The fraction of sp³-hybridized carbons (Fsp3) is 0.0952. The molecule has 0 saturated carbocycles. The predicted octanol–water partition coefficient (Wildman–Crippen LogP) is 5.76. The number of furan rings is 1. The van der Waals surface area contributed by atoms with Crippen molar-refractivity contribution in [3.05, 3.63) is 77.5 Å². The predicted molar refractivity (Wildman–Crippen MR) is 108 cm³/mol. The van der Waals surface area contributed by atoms with Crippen molar-refractivity contribution in [2.45, 2.75) is 4.90 Å². The van der Waals surface area contributed by atoms with Crippen LogP contribution >= 0.6 is 23.4 Å². The Morgan fingerprint density at radius 3 is 2.65 bits per heavy atom. The quantitative estimate of drug-likeness (QED) is 0.353. The molecule has 0 bridgehead atoms. The van der Waals surface area contributed by atoms with Crippen molar-refractivity contribution in [3.8, 4) is 0 Å². The molecule has 0 fully saturated rings. The highest BCUT2D eigenvalue weighted by Crippen LogP contribution is 2.28. The molecule has 5 heteroatoms. The smallest absolute Gasteiger partial charge is 0.287 e. The molecule has 3 aromatic carbocycles. The molecule has 1 N–H and O–H groups in total. The van der Waals surface area contributed by atoms with Crippen LogP contribution in [0.2, 0.25) is 5.02 Å². The van der Waals surface area contributed by atoms with Gasteiger partial charge in [0.25, 0.3) is 5.91 Å². The van der Waals surface area contributed by atoms with Crippen LogP contribution in [-0.2, 0) is 0 Å². The molecule has 26 heavy (non-hydrogen) atoms. The van der Waals surface area contributed by atoms with Gasteiger partial charge in [-0.25, -0.2) is 0 Å². The van der Waals surface area contributed by atoms with E-state index in [2.05, 4.69) is 11.4 Å². The Labute approximate surface area is 160 Å². The second-order valence-corrected chi connectivity index (χ2v) is 7.47. The van der Waals surface area contributed by atoms with E-state index >= 15 is 0 Å². The van der Waals surface area contributed by atoms with Gasteiger partial charge in [-0.3, -0.25) is 4.79 Å². The second-order valence-electron chi connectivity index (χ2n) is 5.87. The van der Waals surface area contributed by atoms with E-state index in [-0.39, 0.29) is 5.91 Å². The number of rotatable bonds is 5. The summed E-state index contributed by atoms with van der Waals surface area (Å²) in [7, 11) is 0. The first-order valence-electron chi connectivity index (χ1n) is 8.28. The number of carbonyl (C=O) groups excluding carboxylic acids is 1. The summed E-state index contributed by atoms with van der Waals surface area (Å²) in [6.45, 7) is 0.559. The number of nitrogens with one attached hydrogen (secondary N) is 1. The lowest BCUT2D eigenvalue weighted by Crippen LogP contribution is -2.25. The van der Waals surface area contributed by atoms with Gasteiger partial charge in [0.15, 0.2) is 5.76 Å². The average Bonchev–Trinajstić information content (AvgIpc) is 3.11. The monoisotopic (exact) mass is 381 g/mol. The van der Waals surface area contributed by atoms with Gasteiger partial charge >= 0.3 is 0 Å². The van der Waals surface area contributed by atoms with Crippen LogP contribution in [0.15, 0.2) is 76.0 Å². The fourth-order valence-electron chi connectivity index (χ4n) is 2.86. The zero-order chi connectivity index (χ0) is 17.9. The normalized spacial score (nSPS) is 11.1. The third-order valence-electron chi connectivity index (χ3n) is 4.12. The summed E-state index contributed by atoms with van der Waals surface area (Å²) >= 11 is 7.54. The molecule has 0 unspecified atom stereocenters. The van der Waals surface area contributed by atoms with E-state index in [1.807, 2.05) is 60.7 Å². The van der Waals surface area contributed by atoms with E-state index in [1.54, 1.807) is 11.8 Å². The second kappa shape index (κ2) is 7.44. The highest BCUT2D eigenvalue weighted by atomic mass is 35.5. The number of amides is 1. The lowest BCUT2D eigenvalue weighted by atomic mass is 10.1. The zero-order valence-electron chi connectivity index (χ0n) is 13.9. The Morgan fingerprint density at radius 1 is 1.00 bits per heavy atom. The van der Waals surface area contributed by atoms with E-state index in [1.165, 1.54) is 0 Å². The minimum Gasteiger partial charge on any atom is -0.451 e. The minimum atomic E-state index is -0.193. The van der Waals surface area contributed by atoms with E-state index in [0.29, 0.717) is 12.3 Å². The number of halogens is 1. The molecule has 1 heterocycles. The number of hydrogen-bond acceptors (Lipinski definition) is 3. The lowest BCUT2D eigenvalue weighted by Gasteiger charge is -2.03. The van der Waals surface area contributed by atoms with Gasteiger partial charge in [-0.15, -0.1) is 11.8 Å². The number of hydrogen-bond donors (Lipinski definition) is 1. The molecule has 4 rings (SSSR count). The lowest BCUT2D eigenvalue weighted by molar-refractivity contribution is 0.0930. The summed E-state index contributed by atoms with van der Waals surface area (Å²) < 4.78 is 5.73. The first kappa shape index (κ1) is 17.0. The minimum absolute atomic E-state index is 0.193. The molecule has 0 aliphatic carbocycles. The van der Waals surface area contributed by atoms with Crippen LogP contribution in [0.25, 0.3) is 21.7 Å². The molecule has 0 saturated heterocycles. The Bertz CT molecular complexity index is 1070. The van der Waals surface area contributed by atoms with Gasteiger partial charge in [0.05, 0.1) is 0 Å². The van der Waals surface area contributed by atoms with Crippen LogP contribution in [0.1, 0.15) is 10.6 Å². The van der Waals surface area contributed by atoms with Gasteiger partial charge in [-0.2, -0.15) is 0 Å². The van der Waals surface area contributed by atoms with Crippen molar-refractivity contribution in [3.63, 3.8) is 0 Å². The number of carbonyl (C=O) groups is 1. The molecule has 0 aliphatic rings.